The molecule has 0 heterocycles. The zero-order chi connectivity index (χ0) is 28.1. The van der Waals surface area contributed by atoms with E-state index >= 15 is 0 Å². The molecule has 3 rings (SSSR count). The monoisotopic (exact) mass is 552 g/mol. The molecule has 0 amide bonds. The van der Waals surface area contributed by atoms with Crippen molar-refractivity contribution < 1.29 is 9.90 Å². The van der Waals surface area contributed by atoms with Crippen molar-refractivity contribution in [1.29, 1.82) is 0 Å². The molecule has 0 atom stereocenters. The van der Waals surface area contributed by atoms with Gasteiger partial charge in [-0.2, -0.15) is 0 Å². The first-order valence-electron chi connectivity index (χ1n) is 18.1. The van der Waals surface area contributed by atoms with E-state index in [0.29, 0.717) is 0 Å². The summed E-state index contributed by atoms with van der Waals surface area (Å²) in [6, 6.07) is 0. The van der Waals surface area contributed by atoms with E-state index in [1.807, 2.05) is 0 Å². The highest BCUT2D eigenvalue weighted by atomic mass is 16.4. The van der Waals surface area contributed by atoms with Crippen molar-refractivity contribution in [2.24, 2.45) is 5.41 Å². The Morgan fingerprint density at radius 3 is 0.875 bits per heavy atom. The molecule has 0 unspecified atom stereocenters. The van der Waals surface area contributed by atoms with E-state index in [1.54, 1.807) is 0 Å². The third kappa shape index (κ3) is 11.2. The minimum atomic E-state index is -0.904. The maximum Gasteiger partial charge on any atom is 0.322 e. The molecule has 1 N–H and O–H groups in total. The molecular weight excluding hydrogens is 488 g/mol. The fraction of sp³-hybridized carbons (Fsp3) is 0.816. The first-order chi connectivity index (χ1) is 19.8. The molecule has 0 aromatic rings. The standard InChI is InChI=1S/C38H64O2/c39-37(40)38(34-28-22-16-10-4-1-5-11-17-23-29-34,35-30-24-18-12-6-2-7-13-19-25-31-35)36-32-26-20-14-8-3-9-15-21-27-33-36/h28,30,32H,1-27,29,31,33H2,(H,39,40)/b34-28+,35-30+,36-32+. The van der Waals surface area contributed by atoms with Crippen molar-refractivity contribution >= 4 is 5.97 Å². The van der Waals surface area contributed by atoms with Gasteiger partial charge in [0.15, 0.2) is 0 Å². The zero-order valence-electron chi connectivity index (χ0n) is 26.3. The van der Waals surface area contributed by atoms with Gasteiger partial charge in [0.25, 0.3) is 0 Å². The number of hydrogen-bond donors (Lipinski definition) is 1. The van der Waals surface area contributed by atoms with E-state index in [4.69, 9.17) is 0 Å². The van der Waals surface area contributed by atoms with E-state index in [2.05, 4.69) is 18.2 Å². The molecule has 0 saturated heterocycles. The Bertz CT molecular complexity index is 692. The number of carboxylic acid groups (broad SMARTS) is 1. The SMILES string of the molecule is O=C(O)C(/C1=C/CCCCCCCCCC1)(/C1=C/CCCCCCCCCC1)/C1=C/CCCCCCCCCC1. The Morgan fingerprint density at radius 2 is 0.625 bits per heavy atom. The summed E-state index contributed by atoms with van der Waals surface area (Å²) in [6.45, 7) is 0. The molecule has 2 nitrogen and oxygen atoms in total. The summed E-state index contributed by atoms with van der Waals surface area (Å²) in [4.78, 5) is 14.0. The Kier molecular flexibility index (Phi) is 17.1. The van der Waals surface area contributed by atoms with E-state index < -0.39 is 11.4 Å². The summed E-state index contributed by atoms with van der Waals surface area (Å²) in [5, 5.41) is 11.5. The van der Waals surface area contributed by atoms with E-state index in [0.717, 1.165) is 57.8 Å². The number of allylic oxidation sites excluding steroid dienone is 3. The molecule has 0 fully saturated rings. The predicted octanol–water partition coefficient (Wildman–Crippen LogP) is 12.6. The van der Waals surface area contributed by atoms with Gasteiger partial charge in [-0.3, -0.25) is 4.79 Å². The molecule has 40 heavy (non-hydrogen) atoms. The van der Waals surface area contributed by atoms with Gasteiger partial charge < -0.3 is 5.11 Å². The number of carbonyl (C=O) groups is 1. The van der Waals surface area contributed by atoms with Crippen LogP contribution in [0.2, 0.25) is 0 Å². The number of hydrogen-bond acceptors (Lipinski definition) is 1. The highest BCUT2D eigenvalue weighted by molar-refractivity contribution is 5.87. The van der Waals surface area contributed by atoms with E-state index in [1.165, 1.54) is 152 Å². The molecule has 3 aliphatic rings. The lowest BCUT2D eigenvalue weighted by Gasteiger charge is -2.39. The first-order valence-corrected chi connectivity index (χ1v) is 18.1. The molecule has 2 heteroatoms. The molecule has 228 valence electrons. The summed E-state index contributed by atoms with van der Waals surface area (Å²) in [7, 11) is 0. The van der Waals surface area contributed by atoms with Gasteiger partial charge in [-0.05, 0) is 93.8 Å². The molecular formula is C38H64O2. The Balaban J connectivity index is 2.09. The van der Waals surface area contributed by atoms with Crippen LogP contribution >= 0.6 is 0 Å². The van der Waals surface area contributed by atoms with Crippen molar-refractivity contribution in [2.75, 3.05) is 0 Å². The van der Waals surface area contributed by atoms with Crippen LogP contribution in [0.3, 0.4) is 0 Å². The van der Waals surface area contributed by atoms with Crippen LogP contribution in [0, 0.1) is 5.41 Å². The van der Waals surface area contributed by atoms with Crippen LogP contribution < -0.4 is 0 Å². The Labute approximate surface area is 248 Å². The largest absolute Gasteiger partial charge is 0.480 e. The number of rotatable bonds is 4. The minimum absolute atomic E-state index is 0.567. The lowest BCUT2D eigenvalue weighted by atomic mass is 9.63. The number of carboxylic acids is 1. The van der Waals surface area contributed by atoms with Crippen LogP contribution in [-0.4, -0.2) is 11.1 Å². The fourth-order valence-corrected chi connectivity index (χ4v) is 7.75. The quantitative estimate of drug-likeness (QED) is 0.352. The van der Waals surface area contributed by atoms with Crippen molar-refractivity contribution in [1.82, 2.24) is 0 Å². The fourth-order valence-electron chi connectivity index (χ4n) is 7.75. The van der Waals surface area contributed by atoms with Crippen LogP contribution in [0.25, 0.3) is 0 Å². The summed E-state index contributed by atoms with van der Waals surface area (Å²) >= 11 is 0. The predicted molar refractivity (Wildman–Crippen MR) is 173 cm³/mol. The van der Waals surface area contributed by atoms with Gasteiger partial charge in [-0.15, -0.1) is 0 Å². The minimum Gasteiger partial charge on any atom is -0.480 e. The van der Waals surface area contributed by atoms with Crippen LogP contribution in [0.5, 0.6) is 0 Å². The van der Waals surface area contributed by atoms with Crippen molar-refractivity contribution in [3.8, 4) is 0 Å². The van der Waals surface area contributed by atoms with Crippen LogP contribution in [0.15, 0.2) is 34.9 Å². The van der Waals surface area contributed by atoms with Crippen LogP contribution in [-0.2, 0) is 4.79 Å². The van der Waals surface area contributed by atoms with Gasteiger partial charge in [-0.25, -0.2) is 0 Å². The zero-order valence-corrected chi connectivity index (χ0v) is 26.3. The molecule has 0 aromatic heterocycles. The van der Waals surface area contributed by atoms with E-state index in [9.17, 15) is 9.90 Å². The van der Waals surface area contributed by atoms with Gasteiger partial charge in [0.2, 0.25) is 0 Å². The topological polar surface area (TPSA) is 37.3 Å². The van der Waals surface area contributed by atoms with Crippen molar-refractivity contribution in [3.63, 3.8) is 0 Å². The van der Waals surface area contributed by atoms with Crippen LogP contribution in [0.4, 0.5) is 0 Å². The number of aliphatic carboxylic acids is 1. The maximum atomic E-state index is 14.0. The van der Waals surface area contributed by atoms with Crippen molar-refractivity contribution in [3.05, 3.63) is 34.9 Å². The molecule has 3 aliphatic carbocycles. The normalized spacial score (nSPS) is 27.6. The molecule has 0 aromatic carbocycles. The Morgan fingerprint density at radius 1 is 0.400 bits per heavy atom. The molecule has 0 aliphatic heterocycles. The highest BCUT2D eigenvalue weighted by Crippen LogP contribution is 2.50. The summed E-state index contributed by atoms with van der Waals surface area (Å²) in [6.07, 6.45) is 44.1. The summed E-state index contributed by atoms with van der Waals surface area (Å²) in [5.41, 5.74) is 2.88. The first kappa shape index (κ1) is 33.2. The maximum absolute atomic E-state index is 14.0. The van der Waals surface area contributed by atoms with Crippen molar-refractivity contribution in [2.45, 2.75) is 193 Å². The molecule has 0 radical (unpaired) electrons. The average molecular weight is 553 g/mol. The van der Waals surface area contributed by atoms with Gasteiger partial charge in [-0.1, -0.05) is 134 Å². The smallest absolute Gasteiger partial charge is 0.322 e. The second-order valence-electron chi connectivity index (χ2n) is 13.3. The third-order valence-electron chi connectivity index (χ3n) is 10.1. The second-order valence-corrected chi connectivity index (χ2v) is 13.3. The molecule has 0 bridgehead atoms. The highest BCUT2D eigenvalue weighted by Gasteiger charge is 2.47. The van der Waals surface area contributed by atoms with Crippen LogP contribution in [0.1, 0.15) is 193 Å². The van der Waals surface area contributed by atoms with Gasteiger partial charge >= 0.3 is 5.97 Å². The summed E-state index contributed by atoms with van der Waals surface area (Å²) < 4.78 is 0. The van der Waals surface area contributed by atoms with Gasteiger partial charge in [0.05, 0.1) is 0 Å². The van der Waals surface area contributed by atoms with E-state index in [-0.39, 0.29) is 0 Å². The molecule has 0 saturated carbocycles. The van der Waals surface area contributed by atoms with Gasteiger partial charge in [0, 0.05) is 0 Å². The third-order valence-corrected chi connectivity index (χ3v) is 10.1. The molecule has 0 spiro atoms. The summed E-state index contributed by atoms with van der Waals surface area (Å²) in [5.74, 6) is -0.567. The average Bonchev–Trinajstić information content (AvgIpc) is 2.92. The lowest BCUT2D eigenvalue weighted by molar-refractivity contribution is -0.143. The Hall–Kier alpha value is -1.31. The lowest BCUT2D eigenvalue weighted by Crippen LogP contribution is -2.38. The second kappa shape index (κ2) is 20.5. The van der Waals surface area contributed by atoms with Gasteiger partial charge in [0.1, 0.15) is 5.41 Å².